The molecule has 4 saturated carbocycles. The molecule has 5 aliphatic rings. The molecule has 0 radical (unpaired) electrons. The summed E-state index contributed by atoms with van der Waals surface area (Å²) in [6.45, 7) is 11.2. The minimum absolute atomic E-state index is 0.202. The van der Waals surface area contributed by atoms with E-state index < -0.39 is 5.60 Å². The minimum atomic E-state index is -0.447. The molecule has 1 aliphatic heterocycles. The van der Waals surface area contributed by atoms with Gasteiger partial charge in [-0.2, -0.15) is 0 Å². The maximum absolute atomic E-state index is 10.7. The Bertz CT molecular complexity index is 580. The predicted molar refractivity (Wildman–Crippen MR) is 102 cm³/mol. The molecule has 1 N–H and O–H groups in total. The molecule has 5 fully saturated rings. The topological polar surface area (TPSA) is 38.7 Å². The van der Waals surface area contributed by atoms with Crippen LogP contribution in [0.3, 0.4) is 0 Å². The van der Waals surface area contributed by atoms with E-state index in [1.807, 2.05) is 0 Å². The fraction of sp³-hybridized carbons (Fsp3) is 1.00. The van der Waals surface area contributed by atoms with Crippen molar-refractivity contribution in [2.45, 2.75) is 90.4 Å². The van der Waals surface area contributed by atoms with Gasteiger partial charge in [-0.3, -0.25) is 0 Å². The molecule has 0 aromatic rings. The highest BCUT2D eigenvalue weighted by atomic mass is 16.7. The van der Waals surface area contributed by atoms with Gasteiger partial charge in [-0.15, -0.1) is 0 Å². The van der Waals surface area contributed by atoms with Crippen molar-refractivity contribution in [3.8, 4) is 0 Å². The highest BCUT2D eigenvalue weighted by molar-refractivity contribution is 5.14. The summed E-state index contributed by atoms with van der Waals surface area (Å²) in [5, 5.41) is 10.7. The van der Waals surface area contributed by atoms with Crippen LogP contribution >= 0.6 is 0 Å². The third-order valence-corrected chi connectivity index (χ3v) is 10.1. The van der Waals surface area contributed by atoms with Crippen LogP contribution in [0.5, 0.6) is 0 Å². The Kier molecular flexibility index (Phi) is 3.78. The first kappa shape index (κ1) is 17.9. The van der Waals surface area contributed by atoms with Gasteiger partial charge in [0.1, 0.15) is 0 Å². The molecule has 1 unspecified atom stereocenters. The quantitative estimate of drug-likeness (QED) is 0.675. The molecule has 1 spiro atoms. The summed E-state index contributed by atoms with van der Waals surface area (Å²) < 4.78 is 12.6. The van der Waals surface area contributed by atoms with Gasteiger partial charge in [0.2, 0.25) is 0 Å². The van der Waals surface area contributed by atoms with E-state index in [2.05, 4.69) is 27.7 Å². The fourth-order valence-corrected chi connectivity index (χ4v) is 8.76. The van der Waals surface area contributed by atoms with Gasteiger partial charge in [-0.05, 0) is 86.9 Å². The summed E-state index contributed by atoms with van der Waals surface area (Å²) in [7, 11) is 0. The maximum Gasteiger partial charge on any atom is 0.174 e. The lowest BCUT2D eigenvalue weighted by Crippen LogP contribution is -2.59. The van der Waals surface area contributed by atoms with Crippen molar-refractivity contribution < 1.29 is 14.6 Å². The molecule has 5 rings (SSSR count). The first-order valence-electron chi connectivity index (χ1n) is 11.2. The number of fused-ring (bicyclic) bond motifs is 6. The summed E-state index contributed by atoms with van der Waals surface area (Å²) in [5.41, 5.74) is 0.171. The van der Waals surface area contributed by atoms with Crippen molar-refractivity contribution >= 4 is 0 Å². The van der Waals surface area contributed by atoms with Crippen molar-refractivity contribution in [2.24, 2.45) is 40.4 Å². The maximum atomic E-state index is 10.7. The fourth-order valence-electron chi connectivity index (χ4n) is 8.76. The highest BCUT2D eigenvalue weighted by Crippen LogP contribution is 2.70. The molecule has 4 aliphatic carbocycles. The van der Waals surface area contributed by atoms with Crippen molar-refractivity contribution in [3.05, 3.63) is 0 Å². The number of rotatable bonds is 0. The Morgan fingerprint density at radius 1 is 0.846 bits per heavy atom. The number of hydrogen-bond donors (Lipinski definition) is 1. The SMILES string of the molecule is C[C@@H]1C[C@@H]2[C@H](CC[C@@]3(C)[C@H]2CCC32OCCO2)[C@@]2(C)CCC(C)(O)C[C@H]12. The molecule has 3 nitrogen and oxygen atoms in total. The second-order valence-electron chi connectivity index (χ2n) is 11.3. The zero-order chi connectivity index (χ0) is 18.4. The Hall–Kier alpha value is -0.120. The molecule has 148 valence electrons. The lowest BCUT2D eigenvalue weighted by Gasteiger charge is -2.64. The van der Waals surface area contributed by atoms with E-state index in [4.69, 9.17) is 9.47 Å². The van der Waals surface area contributed by atoms with Crippen LogP contribution in [0.15, 0.2) is 0 Å². The van der Waals surface area contributed by atoms with Crippen molar-refractivity contribution in [3.63, 3.8) is 0 Å². The lowest BCUT2D eigenvalue weighted by atomic mass is 9.42. The Labute approximate surface area is 159 Å². The third kappa shape index (κ3) is 2.17. The number of ether oxygens (including phenoxy) is 2. The molecule has 26 heavy (non-hydrogen) atoms. The summed E-state index contributed by atoms with van der Waals surface area (Å²) in [4.78, 5) is 0. The van der Waals surface area contributed by atoms with Gasteiger partial charge in [0.15, 0.2) is 5.79 Å². The molecule has 1 saturated heterocycles. The molecular formula is C23H38O3. The molecule has 3 heteroatoms. The number of hydrogen-bond acceptors (Lipinski definition) is 3. The minimum Gasteiger partial charge on any atom is -0.390 e. The van der Waals surface area contributed by atoms with Crippen LogP contribution in [0.1, 0.15) is 79.1 Å². The van der Waals surface area contributed by atoms with Crippen molar-refractivity contribution in [1.82, 2.24) is 0 Å². The normalized spacial score (nSPS) is 58.3. The van der Waals surface area contributed by atoms with Gasteiger partial charge in [-0.1, -0.05) is 20.8 Å². The Morgan fingerprint density at radius 3 is 2.27 bits per heavy atom. The van der Waals surface area contributed by atoms with Crippen molar-refractivity contribution in [2.75, 3.05) is 13.2 Å². The lowest BCUT2D eigenvalue weighted by molar-refractivity contribution is -0.251. The Morgan fingerprint density at radius 2 is 1.54 bits per heavy atom. The second-order valence-corrected chi connectivity index (χ2v) is 11.3. The van der Waals surface area contributed by atoms with Gasteiger partial charge in [0.05, 0.1) is 18.8 Å². The molecule has 1 heterocycles. The number of aliphatic hydroxyl groups is 1. The van der Waals surface area contributed by atoms with E-state index in [0.29, 0.717) is 11.3 Å². The summed E-state index contributed by atoms with van der Waals surface area (Å²) in [5.74, 6) is 3.53. The van der Waals surface area contributed by atoms with Gasteiger partial charge >= 0.3 is 0 Å². The molecule has 0 amide bonds. The highest BCUT2D eigenvalue weighted by Gasteiger charge is 2.68. The second kappa shape index (κ2) is 5.48. The summed E-state index contributed by atoms with van der Waals surface area (Å²) in [6, 6.07) is 0. The van der Waals surface area contributed by atoms with Crippen molar-refractivity contribution in [1.29, 1.82) is 0 Å². The average molecular weight is 363 g/mol. The Balaban J connectivity index is 1.47. The standard InChI is InChI=1S/C23H38O3/c1-15-13-16-17(21(3)10-9-20(2,24)14-19(15)21)5-7-22(4)18(16)6-8-23(22)25-11-12-26-23/h15-19,24H,5-14H2,1-4H3/t15-,16-,17+,18+,19-,20?,21-,22+/m1/s1. The zero-order valence-corrected chi connectivity index (χ0v) is 17.2. The summed E-state index contributed by atoms with van der Waals surface area (Å²) in [6.07, 6.45) is 9.50. The van der Waals surface area contributed by atoms with Crippen LogP contribution in [-0.4, -0.2) is 29.7 Å². The first-order valence-corrected chi connectivity index (χ1v) is 11.2. The van der Waals surface area contributed by atoms with E-state index in [1.54, 1.807) is 0 Å². The predicted octanol–water partition coefficient (Wildman–Crippen LogP) is 4.77. The first-order chi connectivity index (χ1) is 12.2. The van der Waals surface area contributed by atoms with Crippen LogP contribution in [0.2, 0.25) is 0 Å². The van der Waals surface area contributed by atoms with E-state index in [-0.39, 0.29) is 11.2 Å². The van der Waals surface area contributed by atoms with Gasteiger partial charge in [-0.25, -0.2) is 0 Å². The molecular weight excluding hydrogens is 324 g/mol. The van der Waals surface area contributed by atoms with E-state index in [9.17, 15) is 5.11 Å². The molecule has 8 atom stereocenters. The van der Waals surface area contributed by atoms with E-state index in [1.165, 1.54) is 32.1 Å². The summed E-state index contributed by atoms with van der Waals surface area (Å²) >= 11 is 0. The van der Waals surface area contributed by atoms with Gasteiger partial charge in [0, 0.05) is 11.8 Å². The third-order valence-electron chi connectivity index (χ3n) is 10.1. The van der Waals surface area contributed by atoms with Gasteiger partial charge < -0.3 is 14.6 Å². The van der Waals surface area contributed by atoms with Crippen LogP contribution < -0.4 is 0 Å². The molecule has 0 bridgehead atoms. The van der Waals surface area contributed by atoms with E-state index >= 15 is 0 Å². The molecule has 0 aromatic heterocycles. The van der Waals surface area contributed by atoms with Crippen LogP contribution in [0.4, 0.5) is 0 Å². The average Bonchev–Trinajstić information content (AvgIpc) is 3.17. The smallest absolute Gasteiger partial charge is 0.174 e. The van der Waals surface area contributed by atoms with E-state index in [0.717, 1.165) is 56.1 Å². The van der Waals surface area contributed by atoms with Crippen LogP contribution in [0, 0.1) is 40.4 Å². The molecule has 0 aromatic carbocycles. The monoisotopic (exact) mass is 362 g/mol. The largest absolute Gasteiger partial charge is 0.390 e. The van der Waals surface area contributed by atoms with Crippen LogP contribution in [-0.2, 0) is 9.47 Å². The van der Waals surface area contributed by atoms with Gasteiger partial charge in [0.25, 0.3) is 0 Å². The van der Waals surface area contributed by atoms with Crippen LogP contribution in [0.25, 0.3) is 0 Å². The zero-order valence-electron chi connectivity index (χ0n) is 17.2.